The Labute approximate surface area is 107 Å². The quantitative estimate of drug-likeness (QED) is 0.897. The van der Waals surface area contributed by atoms with Gasteiger partial charge in [-0.2, -0.15) is 0 Å². The van der Waals surface area contributed by atoms with Crippen molar-refractivity contribution in [2.75, 3.05) is 0 Å². The molecule has 0 bridgehead atoms. The van der Waals surface area contributed by atoms with Crippen LogP contribution in [0.15, 0.2) is 24.4 Å². The van der Waals surface area contributed by atoms with E-state index in [-0.39, 0.29) is 6.42 Å². The van der Waals surface area contributed by atoms with Crippen LogP contribution in [0, 0.1) is 0 Å². The van der Waals surface area contributed by atoms with Crippen molar-refractivity contribution in [1.82, 2.24) is 4.57 Å². The second kappa shape index (κ2) is 4.84. The summed E-state index contributed by atoms with van der Waals surface area (Å²) < 4.78 is 2.07. The highest BCUT2D eigenvalue weighted by atomic mass is 16.4. The monoisotopic (exact) mass is 245 g/mol. The number of aromatic nitrogens is 1. The molecular weight excluding hydrogens is 226 g/mol. The molecule has 0 unspecified atom stereocenters. The zero-order chi connectivity index (χ0) is 13.3. The average molecular weight is 245 g/mol. The zero-order valence-electron chi connectivity index (χ0n) is 11.1. The van der Waals surface area contributed by atoms with Crippen LogP contribution in [-0.4, -0.2) is 15.6 Å². The number of nitrogens with zero attached hydrogens (tertiary/aromatic N) is 1. The van der Waals surface area contributed by atoms with Crippen LogP contribution in [0.2, 0.25) is 0 Å². The Hall–Kier alpha value is -1.77. The lowest BCUT2D eigenvalue weighted by atomic mass is 9.99. The highest BCUT2D eigenvalue weighted by Crippen LogP contribution is 2.26. The van der Waals surface area contributed by atoms with E-state index in [1.807, 2.05) is 13.2 Å². The van der Waals surface area contributed by atoms with Gasteiger partial charge in [0.2, 0.25) is 0 Å². The molecule has 2 aromatic rings. The van der Waals surface area contributed by atoms with Crippen molar-refractivity contribution in [3.63, 3.8) is 0 Å². The number of aliphatic carboxylic acids is 1. The van der Waals surface area contributed by atoms with Gasteiger partial charge in [0.25, 0.3) is 0 Å². The van der Waals surface area contributed by atoms with Crippen molar-refractivity contribution >= 4 is 16.9 Å². The number of benzene rings is 1. The molecule has 3 nitrogen and oxygen atoms in total. The zero-order valence-corrected chi connectivity index (χ0v) is 11.1. The molecule has 0 aliphatic rings. The standard InChI is InChI=1S/C15H19NO2/c1-10(2)11-4-6-14-13(8-11)12(9-16(14)3)5-7-15(17)18/h4,6,8-10H,5,7H2,1-3H3,(H,17,18). The third kappa shape index (κ3) is 2.40. The van der Waals surface area contributed by atoms with Gasteiger partial charge in [0.1, 0.15) is 0 Å². The maximum absolute atomic E-state index is 10.7. The number of hydrogen-bond acceptors (Lipinski definition) is 1. The molecule has 0 saturated carbocycles. The summed E-state index contributed by atoms with van der Waals surface area (Å²) in [5.74, 6) is -0.256. The molecule has 2 rings (SSSR count). The fourth-order valence-corrected chi connectivity index (χ4v) is 2.29. The molecule has 0 atom stereocenters. The first kappa shape index (κ1) is 12.7. The molecule has 1 heterocycles. The highest BCUT2D eigenvalue weighted by molar-refractivity contribution is 5.85. The van der Waals surface area contributed by atoms with E-state index in [1.165, 1.54) is 16.5 Å². The molecule has 18 heavy (non-hydrogen) atoms. The van der Waals surface area contributed by atoms with Crippen molar-refractivity contribution in [2.24, 2.45) is 7.05 Å². The minimum Gasteiger partial charge on any atom is -0.481 e. The number of fused-ring (bicyclic) bond motifs is 1. The third-order valence-electron chi connectivity index (χ3n) is 3.37. The van der Waals surface area contributed by atoms with Gasteiger partial charge in [0, 0.05) is 30.6 Å². The predicted octanol–water partition coefficient (Wildman–Crippen LogP) is 3.32. The van der Waals surface area contributed by atoms with Gasteiger partial charge >= 0.3 is 5.97 Å². The molecule has 0 saturated heterocycles. The van der Waals surface area contributed by atoms with Crippen LogP contribution >= 0.6 is 0 Å². The molecule has 1 N–H and O–H groups in total. The van der Waals surface area contributed by atoms with E-state index in [2.05, 4.69) is 36.6 Å². The van der Waals surface area contributed by atoms with E-state index in [4.69, 9.17) is 5.11 Å². The molecule has 3 heteroatoms. The average Bonchev–Trinajstić information content (AvgIpc) is 2.63. The number of carboxylic acid groups (broad SMARTS) is 1. The largest absolute Gasteiger partial charge is 0.481 e. The van der Waals surface area contributed by atoms with Crippen LogP contribution in [0.5, 0.6) is 0 Å². The molecule has 0 fully saturated rings. The van der Waals surface area contributed by atoms with Crippen LogP contribution in [0.3, 0.4) is 0 Å². The second-order valence-electron chi connectivity index (χ2n) is 5.09. The number of carbonyl (C=O) groups is 1. The molecule has 1 aromatic heterocycles. The van der Waals surface area contributed by atoms with E-state index in [0.29, 0.717) is 12.3 Å². The fraction of sp³-hybridized carbons (Fsp3) is 0.400. The van der Waals surface area contributed by atoms with Gasteiger partial charge in [-0.15, -0.1) is 0 Å². The van der Waals surface area contributed by atoms with Crippen molar-refractivity contribution < 1.29 is 9.90 Å². The fourth-order valence-electron chi connectivity index (χ4n) is 2.29. The van der Waals surface area contributed by atoms with E-state index in [9.17, 15) is 4.79 Å². The first-order chi connectivity index (χ1) is 8.49. The SMILES string of the molecule is CC(C)c1ccc2c(c1)c(CCC(=O)O)cn2C. The van der Waals surface area contributed by atoms with Crippen LogP contribution in [0.4, 0.5) is 0 Å². The van der Waals surface area contributed by atoms with Crippen LogP contribution in [0.1, 0.15) is 37.3 Å². The number of carboxylic acids is 1. The Bertz CT molecular complexity index is 581. The summed E-state index contributed by atoms with van der Waals surface area (Å²) in [6.45, 7) is 4.34. The predicted molar refractivity (Wildman–Crippen MR) is 73.0 cm³/mol. The van der Waals surface area contributed by atoms with Gasteiger partial charge < -0.3 is 9.67 Å². The third-order valence-corrected chi connectivity index (χ3v) is 3.37. The van der Waals surface area contributed by atoms with E-state index >= 15 is 0 Å². The van der Waals surface area contributed by atoms with Crippen molar-refractivity contribution in [3.05, 3.63) is 35.5 Å². The van der Waals surface area contributed by atoms with Gasteiger partial charge in [0.05, 0.1) is 0 Å². The topological polar surface area (TPSA) is 42.2 Å². The van der Waals surface area contributed by atoms with Gasteiger partial charge in [-0.05, 0) is 35.6 Å². The van der Waals surface area contributed by atoms with Gasteiger partial charge in [-0.1, -0.05) is 19.9 Å². The molecule has 0 aliphatic heterocycles. The summed E-state index contributed by atoms with van der Waals surface area (Å²) in [6, 6.07) is 6.46. The Balaban J connectivity index is 2.45. The minimum atomic E-state index is -0.744. The van der Waals surface area contributed by atoms with Gasteiger partial charge in [0.15, 0.2) is 0 Å². The molecule has 0 radical (unpaired) electrons. The maximum atomic E-state index is 10.7. The smallest absolute Gasteiger partial charge is 0.303 e. The lowest BCUT2D eigenvalue weighted by Gasteiger charge is -2.06. The summed E-state index contributed by atoms with van der Waals surface area (Å²) in [4.78, 5) is 10.7. The molecule has 0 aliphatic carbocycles. The molecule has 0 spiro atoms. The van der Waals surface area contributed by atoms with E-state index < -0.39 is 5.97 Å². The first-order valence-electron chi connectivity index (χ1n) is 6.28. The van der Waals surface area contributed by atoms with Crippen molar-refractivity contribution in [1.29, 1.82) is 0 Å². The molecule has 1 aromatic carbocycles. The molecular formula is C15H19NO2. The molecule has 0 amide bonds. The lowest BCUT2D eigenvalue weighted by molar-refractivity contribution is -0.136. The van der Waals surface area contributed by atoms with Crippen LogP contribution < -0.4 is 0 Å². The van der Waals surface area contributed by atoms with Crippen LogP contribution in [0.25, 0.3) is 10.9 Å². The Morgan fingerprint density at radius 1 is 1.39 bits per heavy atom. The summed E-state index contributed by atoms with van der Waals surface area (Å²) in [5.41, 5.74) is 3.59. The lowest BCUT2D eigenvalue weighted by Crippen LogP contribution is -1.97. The summed E-state index contributed by atoms with van der Waals surface area (Å²) in [7, 11) is 2.00. The molecule has 96 valence electrons. The summed E-state index contributed by atoms with van der Waals surface area (Å²) in [6.07, 6.45) is 2.82. The number of aryl methyl sites for hydroxylation is 2. The first-order valence-corrected chi connectivity index (χ1v) is 6.28. The second-order valence-corrected chi connectivity index (χ2v) is 5.09. The van der Waals surface area contributed by atoms with Gasteiger partial charge in [-0.25, -0.2) is 0 Å². The van der Waals surface area contributed by atoms with Crippen molar-refractivity contribution in [3.8, 4) is 0 Å². The van der Waals surface area contributed by atoms with Crippen molar-refractivity contribution in [2.45, 2.75) is 32.6 Å². The number of hydrogen-bond donors (Lipinski definition) is 1. The Kier molecular flexibility index (Phi) is 3.41. The normalized spacial score (nSPS) is 11.3. The summed E-state index contributed by atoms with van der Waals surface area (Å²) in [5, 5.41) is 9.97. The Morgan fingerprint density at radius 3 is 2.72 bits per heavy atom. The van der Waals surface area contributed by atoms with Crippen LogP contribution in [-0.2, 0) is 18.3 Å². The number of rotatable bonds is 4. The maximum Gasteiger partial charge on any atom is 0.303 e. The van der Waals surface area contributed by atoms with Gasteiger partial charge in [-0.3, -0.25) is 4.79 Å². The van der Waals surface area contributed by atoms with E-state index in [1.54, 1.807) is 0 Å². The van der Waals surface area contributed by atoms with E-state index in [0.717, 1.165) is 5.56 Å². The summed E-state index contributed by atoms with van der Waals surface area (Å²) >= 11 is 0. The Morgan fingerprint density at radius 2 is 2.11 bits per heavy atom. The minimum absolute atomic E-state index is 0.186. The highest BCUT2D eigenvalue weighted by Gasteiger charge is 2.10.